The molecule has 35 heavy (non-hydrogen) atoms. The summed E-state index contributed by atoms with van der Waals surface area (Å²) >= 11 is 0. The smallest absolute Gasteiger partial charge is 0.222 e. The van der Waals surface area contributed by atoms with E-state index >= 15 is 0 Å². The number of aromatic amines is 1. The van der Waals surface area contributed by atoms with Crippen LogP contribution in [0.3, 0.4) is 0 Å². The zero-order chi connectivity index (χ0) is 24.8. The van der Waals surface area contributed by atoms with E-state index in [1.807, 2.05) is 48.5 Å². The van der Waals surface area contributed by atoms with E-state index in [4.69, 9.17) is 0 Å². The summed E-state index contributed by atoms with van der Waals surface area (Å²) in [6.07, 6.45) is 3.53. The number of fused-ring (bicyclic) bond motifs is 1. The Balaban J connectivity index is 1.52. The summed E-state index contributed by atoms with van der Waals surface area (Å²) in [4.78, 5) is 30.5. The van der Waals surface area contributed by atoms with Crippen molar-refractivity contribution in [3.05, 3.63) is 107 Å². The van der Waals surface area contributed by atoms with E-state index in [1.165, 1.54) is 12.1 Å². The number of H-pyrrole nitrogens is 1. The Bertz CT molecular complexity index is 1300. The minimum absolute atomic E-state index is 0.0166. The summed E-state index contributed by atoms with van der Waals surface area (Å²) in [6, 6.07) is 21.5. The molecule has 1 aromatic heterocycles. The fourth-order valence-electron chi connectivity index (χ4n) is 4.18. The Labute approximate surface area is 205 Å². The number of carbonyl (C=O) groups is 2. The first-order valence-electron chi connectivity index (χ1n) is 11.8. The first-order chi connectivity index (χ1) is 16.9. The Morgan fingerprint density at radius 3 is 2.37 bits per heavy atom. The van der Waals surface area contributed by atoms with Gasteiger partial charge in [0.25, 0.3) is 0 Å². The molecule has 1 atom stereocenters. The van der Waals surface area contributed by atoms with E-state index in [-0.39, 0.29) is 17.5 Å². The van der Waals surface area contributed by atoms with Gasteiger partial charge in [-0.25, -0.2) is 4.39 Å². The van der Waals surface area contributed by atoms with Crippen molar-refractivity contribution < 1.29 is 14.0 Å². The second kappa shape index (κ2) is 11.1. The molecule has 4 rings (SSSR count). The highest BCUT2D eigenvalue weighted by Crippen LogP contribution is 2.26. The Morgan fingerprint density at radius 2 is 1.66 bits per heavy atom. The number of aromatic nitrogens is 1. The number of hydrogen-bond donors (Lipinski definition) is 2. The summed E-state index contributed by atoms with van der Waals surface area (Å²) in [5.74, 6) is -0.187. The van der Waals surface area contributed by atoms with Gasteiger partial charge in [-0.05, 0) is 47.7 Å². The van der Waals surface area contributed by atoms with Gasteiger partial charge in [0.1, 0.15) is 5.82 Å². The second-order valence-electron chi connectivity index (χ2n) is 8.91. The van der Waals surface area contributed by atoms with Gasteiger partial charge in [-0.15, -0.1) is 0 Å². The largest absolute Gasteiger partial charge is 0.360 e. The maximum absolute atomic E-state index is 13.7. The molecule has 0 aliphatic carbocycles. The van der Waals surface area contributed by atoms with Crippen LogP contribution in [0, 0.1) is 5.82 Å². The lowest BCUT2D eigenvalue weighted by Gasteiger charge is -2.18. The molecular weight excluding hydrogens is 441 g/mol. The van der Waals surface area contributed by atoms with Crippen molar-refractivity contribution in [2.75, 3.05) is 20.6 Å². The summed E-state index contributed by atoms with van der Waals surface area (Å²) in [7, 11) is 3.51. The fourth-order valence-corrected chi connectivity index (χ4v) is 4.18. The molecule has 0 aliphatic heterocycles. The van der Waals surface area contributed by atoms with Gasteiger partial charge in [-0.1, -0.05) is 54.6 Å². The van der Waals surface area contributed by atoms with Crippen molar-refractivity contribution in [2.45, 2.75) is 25.3 Å². The molecule has 0 spiro atoms. The number of hydrogen-bond acceptors (Lipinski definition) is 3. The third-order valence-corrected chi connectivity index (χ3v) is 6.21. The predicted octanol–water partition coefficient (Wildman–Crippen LogP) is 5.08. The highest BCUT2D eigenvalue weighted by molar-refractivity contribution is 6.10. The number of ketones is 1. The van der Waals surface area contributed by atoms with Crippen LogP contribution in [0.5, 0.6) is 0 Å². The molecule has 1 heterocycles. The molecule has 0 aliphatic rings. The molecule has 6 heteroatoms. The lowest BCUT2D eigenvalue weighted by atomic mass is 9.96. The van der Waals surface area contributed by atoms with Crippen molar-refractivity contribution in [3.8, 4) is 0 Å². The molecule has 0 saturated heterocycles. The van der Waals surface area contributed by atoms with Crippen LogP contribution in [0.25, 0.3) is 10.9 Å². The summed E-state index contributed by atoms with van der Waals surface area (Å²) in [6.45, 7) is 0.573. The second-order valence-corrected chi connectivity index (χ2v) is 8.91. The molecule has 0 radical (unpaired) electrons. The molecule has 5 nitrogen and oxygen atoms in total. The van der Waals surface area contributed by atoms with Crippen molar-refractivity contribution in [1.82, 2.24) is 15.2 Å². The van der Waals surface area contributed by atoms with Crippen LogP contribution in [-0.2, 0) is 17.6 Å². The lowest BCUT2D eigenvalue weighted by molar-refractivity contribution is -0.128. The standard InChI is InChI=1S/C29H30FN3O2/c1-33(2)27(34)15-11-21-10-14-24-25(19-32-26(24)18-21)29(35)28(22-6-4-3-5-7-22)31-17-16-20-8-12-23(30)13-9-20/h3-10,12-14,18-19,28,31-32H,11,15-17H2,1-2H3/t28-/m1/s1. The van der Waals surface area contributed by atoms with Crippen LogP contribution in [0.4, 0.5) is 4.39 Å². The molecule has 2 N–H and O–H groups in total. The number of nitrogens with zero attached hydrogens (tertiary/aromatic N) is 1. The van der Waals surface area contributed by atoms with Crippen molar-refractivity contribution in [2.24, 2.45) is 0 Å². The lowest BCUT2D eigenvalue weighted by Crippen LogP contribution is -2.30. The molecule has 0 fully saturated rings. The number of benzene rings is 3. The van der Waals surface area contributed by atoms with E-state index in [2.05, 4.69) is 10.3 Å². The normalized spacial score (nSPS) is 12.0. The van der Waals surface area contributed by atoms with Crippen molar-refractivity contribution in [3.63, 3.8) is 0 Å². The summed E-state index contributed by atoms with van der Waals surface area (Å²) in [5, 5.41) is 4.27. The summed E-state index contributed by atoms with van der Waals surface area (Å²) < 4.78 is 13.2. The number of carbonyl (C=O) groups excluding carboxylic acids is 2. The first-order valence-corrected chi connectivity index (χ1v) is 11.8. The van der Waals surface area contributed by atoms with E-state index in [9.17, 15) is 14.0 Å². The third kappa shape index (κ3) is 6.03. The Kier molecular flexibility index (Phi) is 7.73. The number of nitrogens with one attached hydrogen (secondary N) is 2. The zero-order valence-electron chi connectivity index (χ0n) is 20.1. The number of halogens is 1. The van der Waals surface area contributed by atoms with Crippen molar-refractivity contribution >= 4 is 22.6 Å². The van der Waals surface area contributed by atoms with Crippen LogP contribution < -0.4 is 5.32 Å². The van der Waals surface area contributed by atoms with Crippen LogP contribution in [-0.4, -0.2) is 42.2 Å². The number of Topliss-reactive ketones (excluding diaryl/α,β-unsaturated/α-hetero) is 1. The highest BCUT2D eigenvalue weighted by Gasteiger charge is 2.24. The minimum Gasteiger partial charge on any atom is -0.360 e. The van der Waals surface area contributed by atoms with Gasteiger partial charge in [0.2, 0.25) is 5.91 Å². The maximum atomic E-state index is 13.7. The molecule has 3 aromatic carbocycles. The Morgan fingerprint density at radius 1 is 0.943 bits per heavy atom. The average Bonchev–Trinajstić information content (AvgIpc) is 3.29. The number of amides is 1. The topological polar surface area (TPSA) is 65.2 Å². The van der Waals surface area contributed by atoms with Crippen LogP contribution in [0.1, 0.15) is 39.5 Å². The highest BCUT2D eigenvalue weighted by atomic mass is 19.1. The van der Waals surface area contributed by atoms with Crippen LogP contribution in [0.2, 0.25) is 0 Å². The number of rotatable bonds is 10. The maximum Gasteiger partial charge on any atom is 0.222 e. The molecule has 0 saturated carbocycles. The van der Waals surface area contributed by atoms with Crippen LogP contribution in [0.15, 0.2) is 79.0 Å². The van der Waals surface area contributed by atoms with E-state index < -0.39 is 6.04 Å². The predicted molar refractivity (Wildman–Crippen MR) is 137 cm³/mol. The molecule has 0 bridgehead atoms. The Hall–Kier alpha value is -3.77. The molecule has 180 valence electrons. The minimum atomic E-state index is -0.506. The van der Waals surface area contributed by atoms with Gasteiger partial charge < -0.3 is 15.2 Å². The summed E-state index contributed by atoms with van der Waals surface area (Å²) in [5.41, 5.74) is 4.45. The molecule has 4 aromatic rings. The molecular formula is C29H30FN3O2. The monoisotopic (exact) mass is 471 g/mol. The average molecular weight is 472 g/mol. The molecule has 1 amide bonds. The van der Waals surface area contributed by atoms with Gasteiger partial charge in [0.05, 0.1) is 6.04 Å². The van der Waals surface area contributed by atoms with E-state index in [1.54, 1.807) is 37.3 Å². The van der Waals surface area contributed by atoms with Gasteiger partial charge in [0, 0.05) is 49.7 Å². The van der Waals surface area contributed by atoms with Gasteiger partial charge in [-0.3, -0.25) is 9.59 Å². The third-order valence-electron chi connectivity index (χ3n) is 6.21. The van der Waals surface area contributed by atoms with Gasteiger partial charge in [-0.2, -0.15) is 0 Å². The van der Waals surface area contributed by atoms with E-state index in [0.29, 0.717) is 31.4 Å². The van der Waals surface area contributed by atoms with Gasteiger partial charge >= 0.3 is 0 Å². The van der Waals surface area contributed by atoms with Gasteiger partial charge in [0.15, 0.2) is 5.78 Å². The van der Waals surface area contributed by atoms with E-state index in [0.717, 1.165) is 27.6 Å². The number of aryl methyl sites for hydroxylation is 1. The van der Waals surface area contributed by atoms with Crippen molar-refractivity contribution in [1.29, 1.82) is 0 Å². The molecule has 0 unspecified atom stereocenters. The first kappa shape index (κ1) is 24.4. The zero-order valence-corrected chi connectivity index (χ0v) is 20.1. The fraction of sp³-hybridized carbons (Fsp3) is 0.241. The van der Waals surface area contributed by atoms with Crippen LogP contribution >= 0.6 is 0 Å². The quantitative estimate of drug-likeness (QED) is 0.317. The SMILES string of the molecule is CN(C)C(=O)CCc1ccc2c(C(=O)[C@H](NCCc3ccc(F)cc3)c3ccccc3)c[nH]c2c1.